The molecule has 2 aromatic rings. The summed E-state index contributed by atoms with van der Waals surface area (Å²) in [6.45, 7) is 1.75. The second kappa shape index (κ2) is 6.15. The van der Waals surface area contributed by atoms with E-state index in [0.29, 0.717) is 0 Å². The third kappa shape index (κ3) is 3.39. The fraction of sp³-hybridized carbons (Fsp3) is 0.385. The Morgan fingerprint density at radius 1 is 1.24 bits per heavy atom. The maximum Gasteiger partial charge on any atom is 0.113 e. The van der Waals surface area contributed by atoms with E-state index < -0.39 is 0 Å². The first-order valence-corrected chi connectivity index (χ1v) is 5.99. The van der Waals surface area contributed by atoms with Gasteiger partial charge < -0.3 is 10.3 Å². The summed E-state index contributed by atoms with van der Waals surface area (Å²) in [6, 6.07) is 4.03. The molecule has 0 radical (unpaired) electrons. The van der Waals surface area contributed by atoms with Gasteiger partial charge in [-0.2, -0.15) is 0 Å². The average molecular weight is 230 g/mol. The molecule has 0 unspecified atom stereocenters. The fourth-order valence-corrected chi connectivity index (χ4v) is 1.82. The maximum atomic E-state index is 5.50. The van der Waals surface area contributed by atoms with Gasteiger partial charge in [0.1, 0.15) is 5.82 Å². The van der Waals surface area contributed by atoms with Crippen LogP contribution in [0.15, 0.2) is 36.9 Å². The third-order valence-electron chi connectivity index (χ3n) is 2.74. The molecular weight excluding hydrogens is 212 g/mol. The molecule has 0 aromatic carbocycles. The minimum absolute atomic E-state index is 0.757. The molecule has 0 saturated carbocycles. The van der Waals surface area contributed by atoms with Gasteiger partial charge in [0, 0.05) is 37.8 Å². The lowest BCUT2D eigenvalue weighted by Crippen LogP contribution is -2.06. The highest BCUT2D eigenvalue weighted by molar-refractivity contribution is 5.14. The van der Waals surface area contributed by atoms with Crippen LogP contribution in [0.5, 0.6) is 0 Å². The first-order chi connectivity index (χ1) is 8.40. The highest BCUT2D eigenvalue weighted by atomic mass is 15.1. The van der Waals surface area contributed by atoms with Crippen molar-refractivity contribution < 1.29 is 0 Å². The SMILES string of the molecule is NCCCCn1ccnc1Cc1cccnc1. The van der Waals surface area contributed by atoms with Gasteiger partial charge in [-0.3, -0.25) is 4.98 Å². The van der Waals surface area contributed by atoms with E-state index in [1.807, 2.05) is 24.7 Å². The molecule has 17 heavy (non-hydrogen) atoms. The van der Waals surface area contributed by atoms with E-state index in [0.717, 1.165) is 38.2 Å². The Balaban J connectivity index is 1.99. The van der Waals surface area contributed by atoms with Crippen molar-refractivity contribution in [3.63, 3.8) is 0 Å². The van der Waals surface area contributed by atoms with Gasteiger partial charge in [0.15, 0.2) is 0 Å². The normalized spacial score (nSPS) is 10.6. The number of nitrogens with zero attached hydrogens (tertiary/aromatic N) is 3. The lowest BCUT2D eigenvalue weighted by Gasteiger charge is -2.07. The number of imidazole rings is 1. The summed E-state index contributed by atoms with van der Waals surface area (Å²) in [5.74, 6) is 1.09. The van der Waals surface area contributed by atoms with Crippen LogP contribution in [0.25, 0.3) is 0 Å². The van der Waals surface area contributed by atoms with E-state index in [1.54, 1.807) is 6.20 Å². The Kier molecular flexibility index (Phi) is 4.27. The van der Waals surface area contributed by atoms with Crippen molar-refractivity contribution in [2.45, 2.75) is 25.8 Å². The Morgan fingerprint density at radius 3 is 2.94 bits per heavy atom. The molecule has 0 aliphatic heterocycles. The molecule has 2 aromatic heterocycles. The summed E-state index contributed by atoms with van der Waals surface area (Å²) >= 11 is 0. The molecule has 0 saturated heterocycles. The van der Waals surface area contributed by atoms with Gasteiger partial charge in [-0.1, -0.05) is 6.07 Å². The van der Waals surface area contributed by atoms with E-state index >= 15 is 0 Å². The zero-order valence-electron chi connectivity index (χ0n) is 9.92. The van der Waals surface area contributed by atoms with Crippen LogP contribution >= 0.6 is 0 Å². The predicted molar refractivity (Wildman–Crippen MR) is 67.6 cm³/mol. The number of aryl methyl sites for hydroxylation is 1. The quantitative estimate of drug-likeness (QED) is 0.767. The summed E-state index contributed by atoms with van der Waals surface area (Å²) < 4.78 is 2.20. The summed E-state index contributed by atoms with van der Waals surface area (Å²) in [6.07, 6.45) is 10.6. The molecule has 0 amide bonds. The first-order valence-electron chi connectivity index (χ1n) is 5.99. The van der Waals surface area contributed by atoms with Gasteiger partial charge in [0.25, 0.3) is 0 Å². The van der Waals surface area contributed by atoms with Crippen LogP contribution in [-0.2, 0) is 13.0 Å². The zero-order chi connectivity index (χ0) is 11.9. The molecule has 4 heteroatoms. The number of unbranched alkanes of at least 4 members (excludes halogenated alkanes) is 1. The van der Waals surface area contributed by atoms with E-state index in [4.69, 9.17) is 5.73 Å². The molecule has 2 heterocycles. The van der Waals surface area contributed by atoms with Crippen LogP contribution in [0.1, 0.15) is 24.2 Å². The predicted octanol–water partition coefficient (Wildman–Crippen LogP) is 1.61. The lowest BCUT2D eigenvalue weighted by molar-refractivity contribution is 0.595. The first kappa shape index (κ1) is 11.8. The highest BCUT2D eigenvalue weighted by Crippen LogP contribution is 2.07. The van der Waals surface area contributed by atoms with E-state index in [1.165, 1.54) is 5.56 Å². The number of nitrogens with two attached hydrogens (primary N) is 1. The minimum Gasteiger partial charge on any atom is -0.335 e. The second-order valence-electron chi connectivity index (χ2n) is 4.07. The molecular formula is C13H18N4. The minimum atomic E-state index is 0.757. The zero-order valence-corrected chi connectivity index (χ0v) is 9.92. The monoisotopic (exact) mass is 230 g/mol. The summed E-state index contributed by atoms with van der Waals surface area (Å²) in [7, 11) is 0. The van der Waals surface area contributed by atoms with Gasteiger partial charge in [0.05, 0.1) is 0 Å². The molecule has 2 N–H and O–H groups in total. The third-order valence-corrected chi connectivity index (χ3v) is 2.74. The summed E-state index contributed by atoms with van der Waals surface area (Å²) in [4.78, 5) is 8.51. The summed E-state index contributed by atoms with van der Waals surface area (Å²) in [5, 5.41) is 0. The number of pyridine rings is 1. The van der Waals surface area contributed by atoms with Gasteiger partial charge >= 0.3 is 0 Å². The number of aromatic nitrogens is 3. The summed E-state index contributed by atoms with van der Waals surface area (Å²) in [5.41, 5.74) is 6.69. The van der Waals surface area contributed by atoms with Crippen LogP contribution in [-0.4, -0.2) is 21.1 Å². The second-order valence-corrected chi connectivity index (χ2v) is 4.07. The van der Waals surface area contributed by atoms with Crippen LogP contribution < -0.4 is 5.73 Å². The van der Waals surface area contributed by atoms with Crippen LogP contribution in [0, 0.1) is 0 Å². The van der Waals surface area contributed by atoms with Crippen molar-refractivity contribution in [1.82, 2.24) is 14.5 Å². The Labute approximate surface area is 102 Å². The number of hydrogen-bond acceptors (Lipinski definition) is 3. The van der Waals surface area contributed by atoms with Gasteiger partial charge in [-0.15, -0.1) is 0 Å². The van der Waals surface area contributed by atoms with Gasteiger partial charge in [-0.25, -0.2) is 4.98 Å². The van der Waals surface area contributed by atoms with Crippen molar-refractivity contribution >= 4 is 0 Å². The van der Waals surface area contributed by atoms with Crippen molar-refractivity contribution in [2.75, 3.05) is 6.54 Å². The molecule has 0 bridgehead atoms. The molecule has 4 nitrogen and oxygen atoms in total. The largest absolute Gasteiger partial charge is 0.335 e. The molecule has 0 fully saturated rings. The Hall–Kier alpha value is -1.68. The Bertz CT molecular complexity index is 436. The molecule has 0 spiro atoms. The topological polar surface area (TPSA) is 56.7 Å². The maximum absolute atomic E-state index is 5.50. The lowest BCUT2D eigenvalue weighted by atomic mass is 10.2. The van der Waals surface area contributed by atoms with Crippen LogP contribution in [0.3, 0.4) is 0 Å². The van der Waals surface area contributed by atoms with Crippen molar-refractivity contribution in [3.05, 3.63) is 48.3 Å². The van der Waals surface area contributed by atoms with Crippen molar-refractivity contribution in [1.29, 1.82) is 0 Å². The van der Waals surface area contributed by atoms with Gasteiger partial charge in [-0.05, 0) is 31.0 Å². The number of rotatable bonds is 6. The van der Waals surface area contributed by atoms with Crippen LogP contribution in [0.4, 0.5) is 0 Å². The Morgan fingerprint density at radius 2 is 2.18 bits per heavy atom. The molecule has 0 atom stereocenters. The molecule has 2 rings (SSSR count). The molecule has 0 aliphatic carbocycles. The highest BCUT2D eigenvalue weighted by Gasteiger charge is 2.03. The standard InChI is InChI=1S/C13H18N4/c14-5-1-2-8-17-9-7-16-13(17)10-12-4-3-6-15-11-12/h3-4,6-7,9,11H,1-2,5,8,10,14H2. The van der Waals surface area contributed by atoms with Crippen LogP contribution in [0.2, 0.25) is 0 Å². The van der Waals surface area contributed by atoms with Crippen molar-refractivity contribution in [3.8, 4) is 0 Å². The van der Waals surface area contributed by atoms with E-state index in [9.17, 15) is 0 Å². The smallest absolute Gasteiger partial charge is 0.113 e. The molecule has 90 valence electrons. The number of hydrogen-bond donors (Lipinski definition) is 1. The molecule has 0 aliphatic rings. The average Bonchev–Trinajstić information content (AvgIpc) is 2.79. The van der Waals surface area contributed by atoms with E-state index in [-0.39, 0.29) is 0 Å². The van der Waals surface area contributed by atoms with E-state index in [2.05, 4.69) is 20.6 Å². The van der Waals surface area contributed by atoms with Crippen molar-refractivity contribution in [2.24, 2.45) is 5.73 Å². The van der Waals surface area contributed by atoms with Gasteiger partial charge in [0.2, 0.25) is 0 Å². The fourth-order valence-electron chi connectivity index (χ4n) is 1.82.